The average Bonchev–Trinajstić information content (AvgIpc) is 3.47. The third-order valence-corrected chi connectivity index (χ3v) is 5.53. The molecule has 4 rings (SSSR count). The lowest BCUT2D eigenvalue weighted by molar-refractivity contribution is -0.134. The molecule has 2 heterocycles. The van der Waals surface area contributed by atoms with E-state index >= 15 is 0 Å². The van der Waals surface area contributed by atoms with E-state index in [1.54, 1.807) is 24.5 Å². The van der Waals surface area contributed by atoms with E-state index in [1.807, 2.05) is 17.0 Å². The second kappa shape index (κ2) is 9.11. The molecule has 2 aromatic rings. The monoisotopic (exact) mass is 396 g/mol. The smallest absolute Gasteiger partial charge is 0.251 e. The quantitative estimate of drug-likeness (QED) is 0.672. The second-order valence-corrected chi connectivity index (χ2v) is 7.84. The van der Waals surface area contributed by atoms with E-state index in [1.165, 1.54) is 0 Å². The highest BCUT2D eigenvalue weighted by molar-refractivity contribution is 5.94. The minimum absolute atomic E-state index is 0.0807. The van der Waals surface area contributed by atoms with Gasteiger partial charge in [0.25, 0.3) is 5.91 Å². The van der Waals surface area contributed by atoms with Crippen LogP contribution in [-0.4, -0.2) is 52.4 Å². The van der Waals surface area contributed by atoms with Gasteiger partial charge in [-0.1, -0.05) is 0 Å². The van der Waals surface area contributed by atoms with Crippen molar-refractivity contribution < 1.29 is 14.3 Å². The number of benzene rings is 1. The molecule has 2 aliphatic rings. The highest BCUT2D eigenvalue weighted by atomic mass is 16.5. The Morgan fingerprint density at radius 3 is 2.55 bits per heavy atom. The maximum atomic E-state index is 12.3. The number of carbonyl (C=O) groups excluding carboxylic acids is 2. The molecule has 0 radical (unpaired) electrons. The first kappa shape index (κ1) is 19.5. The summed E-state index contributed by atoms with van der Waals surface area (Å²) in [4.78, 5) is 33.6. The van der Waals surface area contributed by atoms with Gasteiger partial charge in [-0.05, 0) is 43.5 Å². The lowest BCUT2D eigenvalue weighted by atomic mass is 10.1. The van der Waals surface area contributed by atoms with Crippen LogP contribution >= 0.6 is 0 Å². The fourth-order valence-electron chi connectivity index (χ4n) is 3.65. The summed E-state index contributed by atoms with van der Waals surface area (Å²) in [6, 6.07) is 7.28. The number of ether oxygens (including phenoxy) is 1. The Morgan fingerprint density at radius 1 is 1.14 bits per heavy atom. The van der Waals surface area contributed by atoms with Gasteiger partial charge in [-0.25, -0.2) is 4.98 Å². The van der Waals surface area contributed by atoms with Crippen LogP contribution in [0.1, 0.15) is 48.3 Å². The minimum Gasteiger partial charge on any atom is -0.490 e. The predicted octanol–water partition coefficient (Wildman–Crippen LogP) is 2.55. The van der Waals surface area contributed by atoms with Crippen molar-refractivity contribution in [1.82, 2.24) is 20.2 Å². The Labute approximate surface area is 170 Å². The fourth-order valence-corrected chi connectivity index (χ4v) is 3.65. The lowest BCUT2D eigenvalue weighted by Crippen LogP contribution is -2.42. The van der Waals surface area contributed by atoms with Gasteiger partial charge in [0.1, 0.15) is 17.7 Å². The van der Waals surface area contributed by atoms with E-state index < -0.39 is 0 Å². The maximum absolute atomic E-state index is 12.3. The Bertz CT molecular complexity index is 807. The maximum Gasteiger partial charge on any atom is 0.251 e. The minimum atomic E-state index is -0.0807. The Balaban J connectivity index is 1.17. The molecule has 1 aromatic carbocycles. The van der Waals surface area contributed by atoms with Crippen LogP contribution in [0.2, 0.25) is 0 Å². The van der Waals surface area contributed by atoms with E-state index in [9.17, 15) is 9.59 Å². The van der Waals surface area contributed by atoms with E-state index in [-0.39, 0.29) is 17.9 Å². The first-order valence-electron chi connectivity index (χ1n) is 10.5. The predicted molar refractivity (Wildman–Crippen MR) is 109 cm³/mol. The van der Waals surface area contributed by atoms with Crippen molar-refractivity contribution in [3.63, 3.8) is 0 Å². The summed E-state index contributed by atoms with van der Waals surface area (Å²) >= 11 is 0. The molecule has 7 heteroatoms. The molecule has 0 spiro atoms. The number of imidazole rings is 1. The Kier molecular flexibility index (Phi) is 6.12. The molecule has 0 unspecified atom stereocenters. The van der Waals surface area contributed by atoms with Crippen molar-refractivity contribution >= 4 is 11.8 Å². The summed E-state index contributed by atoms with van der Waals surface area (Å²) in [6.45, 7) is 2.16. The van der Waals surface area contributed by atoms with Crippen LogP contribution in [0.4, 0.5) is 0 Å². The number of rotatable bonds is 8. The van der Waals surface area contributed by atoms with Crippen LogP contribution in [-0.2, 0) is 11.2 Å². The fraction of sp³-hybridized carbons (Fsp3) is 0.500. The normalized spacial score (nSPS) is 17.2. The topological polar surface area (TPSA) is 87.3 Å². The molecule has 1 aliphatic carbocycles. The summed E-state index contributed by atoms with van der Waals surface area (Å²) < 4.78 is 6.05. The molecular weight excluding hydrogens is 368 g/mol. The summed E-state index contributed by atoms with van der Waals surface area (Å²) in [5.74, 6) is 2.23. The summed E-state index contributed by atoms with van der Waals surface area (Å²) in [5.41, 5.74) is 0.625. The number of nitrogens with one attached hydrogen (secondary N) is 2. The molecule has 154 valence electrons. The van der Waals surface area contributed by atoms with Crippen molar-refractivity contribution in [1.29, 1.82) is 0 Å². The van der Waals surface area contributed by atoms with Crippen LogP contribution in [0.5, 0.6) is 5.75 Å². The number of piperidine rings is 1. The van der Waals surface area contributed by atoms with Gasteiger partial charge in [0, 0.05) is 62.8 Å². The third-order valence-electron chi connectivity index (χ3n) is 5.53. The van der Waals surface area contributed by atoms with Crippen molar-refractivity contribution in [2.45, 2.75) is 44.6 Å². The first-order chi connectivity index (χ1) is 14.2. The van der Waals surface area contributed by atoms with E-state index in [4.69, 9.17) is 4.74 Å². The molecule has 1 saturated heterocycles. The molecule has 1 saturated carbocycles. The summed E-state index contributed by atoms with van der Waals surface area (Å²) in [5, 5.41) is 2.93. The summed E-state index contributed by atoms with van der Waals surface area (Å²) in [6.07, 6.45) is 9.13. The van der Waals surface area contributed by atoms with Gasteiger partial charge in [0.2, 0.25) is 5.91 Å². The molecule has 1 aromatic heterocycles. The zero-order valence-electron chi connectivity index (χ0n) is 16.6. The SMILES string of the molecule is O=C(NCCCc1ncc[nH]1)c1ccc(OC2CCN(C(=O)C3CC3)CC2)cc1. The Hall–Kier alpha value is -2.83. The number of hydrogen-bond acceptors (Lipinski definition) is 4. The Morgan fingerprint density at radius 2 is 1.90 bits per heavy atom. The molecular formula is C22H28N4O3. The van der Waals surface area contributed by atoms with Crippen molar-refractivity contribution in [2.75, 3.05) is 19.6 Å². The van der Waals surface area contributed by atoms with Crippen LogP contribution in [0.25, 0.3) is 0 Å². The number of aromatic amines is 1. The zero-order valence-corrected chi connectivity index (χ0v) is 16.6. The van der Waals surface area contributed by atoms with E-state index in [0.29, 0.717) is 18.0 Å². The van der Waals surface area contributed by atoms with Crippen molar-refractivity contribution in [2.24, 2.45) is 5.92 Å². The van der Waals surface area contributed by atoms with Gasteiger partial charge in [0.15, 0.2) is 0 Å². The second-order valence-electron chi connectivity index (χ2n) is 7.84. The number of likely N-dealkylation sites (tertiary alicyclic amines) is 1. The third kappa shape index (κ3) is 5.37. The van der Waals surface area contributed by atoms with Crippen molar-refractivity contribution in [3.05, 3.63) is 48.0 Å². The largest absolute Gasteiger partial charge is 0.490 e. The van der Waals surface area contributed by atoms with Gasteiger partial charge in [-0.2, -0.15) is 0 Å². The van der Waals surface area contributed by atoms with E-state index in [2.05, 4.69) is 15.3 Å². The van der Waals surface area contributed by atoms with Gasteiger partial charge < -0.3 is 19.9 Å². The molecule has 7 nitrogen and oxygen atoms in total. The number of aryl methyl sites for hydroxylation is 1. The molecule has 2 amide bonds. The highest BCUT2D eigenvalue weighted by Gasteiger charge is 2.35. The number of hydrogen-bond donors (Lipinski definition) is 2. The number of H-pyrrole nitrogens is 1. The molecule has 2 N–H and O–H groups in total. The van der Waals surface area contributed by atoms with Gasteiger partial charge >= 0.3 is 0 Å². The summed E-state index contributed by atoms with van der Waals surface area (Å²) in [7, 11) is 0. The van der Waals surface area contributed by atoms with E-state index in [0.717, 1.165) is 63.2 Å². The number of amides is 2. The van der Waals surface area contributed by atoms with Gasteiger partial charge in [-0.3, -0.25) is 9.59 Å². The van der Waals surface area contributed by atoms with Gasteiger partial charge in [0.05, 0.1) is 0 Å². The first-order valence-corrected chi connectivity index (χ1v) is 10.5. The van der Waals surface area contributed by atoms with Gasteiger partial charge in [-0.15, -0.1) is 0 Å². The molecule has 2 fully saturated rings. The molecule has 0 bridgehead atoms. The highest BCUT2D eigenvalue weighted by Crippen LogP contribution is 2.32. The van der Waals surface area contributed by atoms with Crippen LogP contribution in [0.3, 0.4) is 0 Å². The standard InChI is InChI=1S/C22H28N4O3/c27-21(25-11-1-2-20-23-12-13-24-20)16-5-7-18(8-6-16)29-19-9-14-26(15-10-19)22(28)17-3-4-17/h5-8,12-13,17,19H,1-4,9-11,14-15H2,(H,23,24)(H,25,27). The lowest BCUT2D eigenvalue weighted by Gasteiger charge is -2.32. The number of nitrogens with zero attached hydrogens (tertiary/aromatic N) is 2. The average molecular weight is 396 g/mol. The zero-order chi connectivity index (χ0) is 20.1. The van der Waals surface area contributed by atoms with Crippen LogP contribution in [0, 0.1) is 5.92 Å². The van der Waals surface area contributed by atoms with Crippen LogP contribution < -0.4 is 10.1 Å². The molecule has 0 atom stereocenters. The number of carbonyl (C=O) groups is 2. The van der Waals surface area contributed by atoms with Crippen molar-refractivity contribution in [3.8, 4) is 5.75 Å². The molecule has 29 heavy (non-hydrogen) atoms. The number of aromatic nitrogens is 2. The van der Waals surface area contributed by atoms with Crippen LogP contribution in [0.15, 0.2) is 36.7 Å². The molecule has 1 aliphatic heterocycles.